The van der Waals surface area contributed by atoms with Crippen LogP contribution >= 0.6 is 11.6 Å². The molecule has 6 nitrogen and oxygen atoms in total. The number of aromatic carboxylic acids is 1. The molecule has 0 spiro atoms. The van der Waals surface area contributed by atoms with Gasteiger partial charge in [0.25, 0.3) is 0 Å². The Balaban J connectivity index is 1.50. The van der Waals surface area contributed by atoms with Crippen molar-refractivity contribution in [2.24, 2.45) is 0 Å². The molecule has 2 N–H and O–H groups in total. The fraction of sp³-hybridized carbons (Fsp3) is 0.333. The fourth-order valence-electron chi connectivity index (χ4n) is 4.61. The monoisotopic (exact) mass is 477 g/mol. The van der Waals surface area contributed by atoms with E-state index in [-0.39, 0.29) is 0 Å². The summed E-state index contributed by atoms with van der Waals surface area (Å²) in [7, 11) is 0. The van der Waals surface area contributed by atoms with Crippen molar-refractivity contribution >= 4 is 28.9 Å². The molecule has 176 valence electrons. The molecule has 0 amide bonds. The van der Waals surface area contributed by atoms with Gasteiger partial charge in [-0.05, 0) is 77.8 Å². The number of rotatable bonds is 7. The lowest BCUT2D eigenvalue weighted by Gasteiger charge is -2.22. The van der Waals surface area contributed by atoms with Gasteiger partial charge in [0.15, 0.2) is 0 Å². The molecule has 2 fully saturated rings. The maximum atomic E-state index is 12.4. The lowest BCUT2D eigenvalue weighted by Crippen LogP contribution is -2.27. The van der Waals surface area contributed by atoms with Crippen LogP contribution in [0.5, 0.6) is 0 Å². The first kappa shape index (κ1) is 22.8. The summed E-state index contributed by atoms with van der Waals surface area (Å²) < 4.78 is 5.55. The average Bonchev–Trinajstić information content (AvgIpc) is 3.69. The van der Waals surface area contributed by atoms with Gasteiger partial charge >= 0.3 is 5.97 Å². The van der Waals surface area contributed by atoms with Gasteiger partial charge in [-0.2, -0.15) is 0 Å². The first-order chi connectivity index (χ1) is 16.6. The summed E-state index contributed by atoms with van der Waals surface area (Å²) in [5.41, 5.74) is 5.67. The van der Waals surface area contributed by atoms with E-state index < -0.39 is 5.97 Å². The first-order valence-electron chi connectivity index (χ1n) is 11.8. The molecule has 1 aliphatic carbocycles. The van der Waals surface area contributed by atoms with Crippen LogP contribution in [0.25, 0.3) is 11.1 Å². The van der Waals surface area contributed by atoms with Crippen LogP contribution in [0.3, 0.4) is 0 Å². The molecule has 2 aliphatic rings. The van der Waals surface area contributed by atoms with Crippen molar-refractivity contribution in [2.75, 3.05) is 31.6 Å². The molecule has 1 saturated carbocycles. The zero-order chi connectivity index (χ0) is 23.5. The van der Waals surface area contributed by atoms with Gasteiger partial charge in [-0.3, -0.25) is 9.88 Å². The number of hydrogen-bond acceptors (Lipinski definition) is 5. The molecule has 0 bridgehead atoms. The minimum atomic E-state index is -0.943. The number of aromatic nitrogens is 1. The molecule has 0 unspecified atom stereocenters. The predicted octanol–water partition coefficient (Wildman–Crippen LogP) is 5.94. The lowest BCUT2D eigenvalue weighted by molar-refractivity contribution is 0.0695. The highest BCUT2D eigenvalue weighted by atomic mass is 35.5. The molecule has 1 aromatic heterocycles. The first-order valence-corrected chi connectivity index (χ1v) is 12.1. The molecule has 5 rings (SSSR count). The quantitative estimate of drug-likeness (QED) is 0.438. The van der Waals surface area contributed by atoms with Crippen LogP contribution in [0, 0.1) is 0 Å². The number of carboxylic acid groups (broad SMARTS) is 1. The standard InChI is InChI=1S/C27H28ClN3O3/c28-23-16-21(18-7-9-29-10-8-18)15-22(19-5-6-19)26(23)30-24-4-1-3-20(25(24)27(32)33)17-31-11-2-13-34-14-12-31/h1,3-4,7-10,15-16,19,30H,2,5-6,11-14,17H2,(H,32,33). The second-order valence-electron chi connectivity index (χ2n) is 8.94. The third kappa shape index (κ3) is 5.09. The SMILES string of the molecule is O=C(O)c1c(CN2CCCOCC2)cccc1Nc1c(Cl)cc(-c2ccncc2)cc1C1CC1. The average molecular weight is 478 g/mol. The Morgan fingerprint density at radius 3 is 2.71 bits per heavy atom. The lowest BCUT2D eigenvalue weighted by atomic mass is 9.99. The van der Waals surface area contributed by atoms with E-state index in [1.54, 1.807) is 12.4 Å². The molecule has 2 aromatic carbocycles. The van der Waals surface area contributed by atoms with Crippen molar-refractivity contribution in [1.29, 1.82) is 0 Å². The third-order valence-corrected chi connectivity index (χ3v) is 6.78. The van der Waals surface area contributed by atoms with Crippen molar-refractivity contribution in [2.45, 2.75) is 31.7 Å². The summed E-state index contributed by atoms with van der Waals surface area (Å²) in [5, 5.41) is 14.1. The van der Waals surface area contributed by atoms with Crippen LogP contribution in [-0.2, 0) is 11.3 Å². The number of anilines is 2. The molecular weight excluding hydrogens is 450 g/mol. The second kappa shape index (κ2) is 10.1. The van der Waals surface area contributed by atoms with Crippen LogP contribution in [0.1, 0.15) is 46.7 Å². The number of nitrogens with zero attached hydrogens (tertiary/aromatic N) is 2. The number of ether oxygens (including phenoxy) is 1. The predicted molar refractivity (Wildman–Crippen MR) is 134 cm³/mol. The normalized spacial score (nSPS) is 16.7. The van der Waals surface area contributed by atoms with Crippen molar-refractivity contribution in [3.8, 4) is 11.1 Å². The minimum Gasteiger partial charge on any atom is -0.478 e. The Kier molecular flexibility index (Phi) is 6.81. The number of benzene rings is 2. The molecule has 3 aromatic rings. The Bertz CT molecular complexity index is 1170. The topological polar surface area (TPSA) is 74.7 Å². The molecule has 0 radical (unpaired) electrons. The van der Waals surface area contributed by atoms with E-state index in [9.17, 15) is 9.90 Å². The summed E-state index contributed by atoms with van der Waals surface area (Å²) in [5.74, 6) is -0.517. The van der Waals surface area contributed by atoms with Crippen molar-refractivity contribution in [3.05, 3.63) is 76.6 Å². The van der Waals surface area contributed by atoms with Crippen molar-refractivity contribution in [1.82, 2.24) is 9.88 Å². The number of carbonyl (C=O) groups is 1. The molecule has 0 atom stereocenters. The van der Waals surface area contributed by atoms with Gasteiger partial charge in [-0.1, -0.05) is 23.7 Å². The third-order valence-electron chi connectivity index (χ3n) is 6.48. The Morgan fingerprint density at radius 2 is 1.94 bits per heavy atom. The Hall–Kier alpha value is -2.93. The van der Waals surface area contributed by atoms with E-state index in [0.29, 0.717) is 35.3 Å². The summed E-state index contributed by atoms with van der Waals surface area (Å²) in [6, 6.07) is 13.7. The van der Waals surface area contributed by atoms with Crippen LogP contribution in [0.4, 0.5) is 11.4 Å². The summed E-state index contributed by atoms with van der Waals surface area (Å²) in [6.45, 7) is 3.69. The number of halogens is 1. The number of nitrogens with one attached hydrogen (secondary N) is 1. The van der Waals surface area contributed by atoms with Crippen molar-refractivity contribution < 1.29 is 14.6 Å². The van der Waals surface area contributed by atoms with Gasteiger partial charge in [0.05, 0.1) is 28.6 Å². The minimum absolute atomic E-state index is 0.295. The zero-order valence-electron chi connectivity index (χ0n) is 19.0. The van der Waals surface area contributed by atoms with E-state index in [4.69, 9.17) is 16.3 Å². The van der Waals surface area contributed by atoms with Gasteiger partial charge in [0.2, 0.25) is 0 Å². The van der Waals surface area contributed by atoms with Crippen molar-refractivity contribution in [3.63, 3.8) is 0 Å². The number of pyridine rings is 1. The molecule has 1 saturated heterocycles. The maximum Gasteiger partial charge on any atom is 0.338 e. The van der Waals surface area contributed by atoms with Gasteiger partial charge in [0.1, 0.15) is 0 Å². The molecule has 34 heavy (non-hydrogen) atoms. The summed E-state index contributed by atoms with van der Waals surface area (Å²) >= 11 is 6.80. The Labute approximate surface area is 204 Å². The zero-order valence-corrected chi connectivity index (χ0v) is 19.7. The van der Waals surface area contributed by atoms with Gasteiger partial charge in [-0.25, -0.2) is 4.79 Å². The highest BCUT2D eigenvalue weighted by Crippen LogP contribution is 2.48. The molecular formula is C27H28ClN3O3. The van der Waals surface area contributed by atoms with Crippen LogP contribution in [0.2, 0.25) is 5.02 Å². The maximum absolute atomic E-state index is 12.4. The summed E-state index contributed by atoms with van der Waals surface area (Å²) in [4.78, 5) is 18.7. The number of carboxylic acids is 1. The Morgan fingerprint density at radius 1 is 1.12 bits per heavy atom. The van der Waals surface area contributed by atoms with E-state index in [0.717, 1.165) is 66.9 Å². The van der Waals surface area contributed by atoms with E-state index in [2.05, 4.69) is 21.3 Å². The smallest absolute Gasteiger partial charge is 0.338 e. The van der Waals surface area contributed by atoms with E-state index in [1.807, 2.05) is 36.4 Å². The summed E-state index contributed by atoms with van der Waals surface area (Å²) in [6.07, 6.45) is 6.70. The van der Waals surface area contributed by atoms with Gasteiger partial charge < -0.3 is 15.2 Å². The largest absolute Gasteiger partial charge is 0.478 e. The second-order valence-corrected chi connectivity index (χ2v) is 9.35. The van der Waals surface area contributed by atoms with E-state index >= 15 is 0 Å². The van der Waals surface area contributed by atoms with Crippen LogP contribution in [0.15, 0.2) is 54.9 Å². The van der Waals surface area contributed by atoms with Gasteiger partial charge in [0, 0.05) is 38.6 Å². The molecule has 1 aliphatic heterocycles. The van der Waals surface area contributed by atoms with Crippen LogP contribution < -0.4 is 5.32 Å². The van der Waals surface area contributed by atoms with Crippen LogP contribution in [-0.4, -0.2) is 47.3 Å². The highest BCUT2D eigenvalue weighted by molar-refractivity contribution is 6.34. The van der Waals surface area contributed by atoms with Gasteiger partial charge in [-0.15, -0.1) is 0 Å². The van der Waals surface area contributed by atoms with E-state index in [1.165, 1.54) is 0 Å². The number of hydrogen-bond donors (Lipinski definition) is 2. The highest BCUT2D eigenvalue weighted by Gasteiger charge is 2.29. The molecule has 2 heterocycles. The fourth-order valence-corrected chi connectivity index (χ4v) is 4.88. The molecule has 7 heteroatoms.